The average molecular weight is 457 g/mol. The molecule has 3 aromatic rings. The van der Waals surface area contributed by atoms with Crippen LogP contribution in [0.15, 0.2) is 42.5 Å². The summed E-state index contributed by atoms with van der Waals surface area (Å²) in [4.78, 5) is 24.9. The number of nitrogens with zero attached hydrogens (tertiary/aromatic N) is 2. The molecular formula is C23H22Cl2N4O2. The van der Waals surface area contributed by atoms with Crippen molar-refractivity contribution in [2.24, 2.45) is 0 Å². The fraction of sp³-hybridized carbons (Fsp3) is 0.261. The predicted octanol–water partition coefficient (Wildman–Crippen LogP) is 6.25. The molecular weight excluding hydrogens is 435 g/mol. The highest BCUT2D eigenvalue weighted by atomic mass is 35.5. The van der Waals surface area contributed by atoms with E-state index in [1.807, 2.05) is 45.0 Å². The summed E-state index contributed by atoms with van der Waals surface area (Å²) >= 11 is 12.2. The van der Waals surface area contributed by atoms with Crippen LogP contribution >= 0.6 is 23.2 Å². The van der Waals surface area contributed by atoms with Gasteiger partial charge in [-0.25, -0.2) is 9.48 Å². The van der Waals surface area contributed by atoms with Crippen molar-refractivity contribution in [1.82, 2.24) is 9.78 Å². The number of rotatable bonds is 3. The molecule has 0 bridgehead atoms. The van der Waals surface area contributed by atoms with Crippen molar-refractivity contribution in [3.8, 4) is 5.69 Å². The summed E-state index contributed by atoms with van der Waals surface area (Å²) in [6.07, 6.45) is 1.29. The van der Waals surface area contributed by atoms with Crippen molar-refractivity contribution in [2.75, 3.05) is 10.6 Å². The van der Waals surface area contributed by atoms with Gasteiger partial charge in [-0.3, -0.25) is 10.1 Å². The van der Waals surface area contributed by atoms with Crippen LogP contribution in [0.5, 0.6) is 0 Å². The molecule has 4 rings (SSSR count). The summed E-state index contributed by atoms with van der Waals surface area (Å²) in [5.41, 5.74) is 3.43. The van der Waals surface area contributed by atoms with Crippen LogP contribution in [0, 0.1) is 0 Å². The fourth-order valence-corrected chi connectivity index (χ4v) is 3.81. The number of fused-ring (bicyclic) bond motifs is 1. The number of Topliss-reactive ketones (excluding diaryl/α,β-unsaturated/α-hetero) is 1. The lowest BCUT2D eigenvalue weighted by molar-refractivity contribution is 0.0994. The maximum Gasteiger partial charge on any atom is 0.324 e. The number of aromatic nitrogens is 2. The van der Waals surface area contributed by atoms with Crippen LogP contribution in [-0.2, 0) is 11.8 Å². The molecule has 1 aliphatic carbocycles. The molecule has 0 spiro atoms. The molecule has 0 saturated carbocycles. The lowest BCUT2D eigenvalue weighted by atomic mass is 9.92. The van der Waals surface area contributed by atoms with Crippen molar-refractivity contribution in [1.29, 1.82) is 0 Å². The maximum atomic E-state index is 12.7. The zero-order chi connectivity index (χ0) is 22.3. The third kappa shape index (κ3) is 4.31. The largest absolute Gasteiger partial charge is 0.324 e. The summed E-state index contributed by atoms with van der Waals surface area (Å²) in [7, 11) is 0. The highest BCUT2D eigenvalue weighted by molar-refractivity contribution is 6.44. The van der Waals surface area contributed by atoms with E-state index in [0.717, 1.165) is 17.7 Å². The van der Waals surface area contributed by atoms with Gasteiger partial charge in [0.25, 0.3) is 0 Å². The van der Waals surface area contributed by atoms with Gasteiger partial charge >= 0.3 is 6.03 Å². The molecule has 0 aliphatic heterocycles. The number of ketones is 1. The zero-order valence-corrected chi connectivity index (χ0v) is 18.9. The summed E-state index contributed by atoms with van der Waals surface area (Å²) in [6.45, 7) is 6.13. The quantitative estimate of drug-likeness (QED) is 0.488. The van der Waals surface area contributed by atoms with Crippen LogP contribution in [-0.4, -0.2) is 21.6 Å². The first-order valence-electron chi connectivity index (χ1n) is 9.92. The third-order valence-corrected chi connectivity index (χ3v) is 6.00. The number of hydrogen-bond acceptors (Lipinski definition) is 3. The molecule has 1 aromatic heterocycles. The van der Waals surface area contributed by atoms with E-state index in [9.17, 15) is 9.59 Å². The van der Waals surface area contributed by atoms with Crippen molar-refractivity contribution < 1.29 is 9.59 Å². The number of anilines is 2. The molecule has 2 N–H and O–H groups in total. The Morgan fingerprint density at radius 1 is 1.06 bits per heavy atom. The molecule has 6 nitrogen and oxygen atoms in total. The number of carbonyl (C=O) groups is 2. The second-order valence-corrected chi connectivity index (χ2v) is 9.31. The summed E-state index contributed by atoms with van der Waals surface area (Å²) in [6, 6.07) is 12.0. The van der Waals surface area contributed by atoms with Crippen LogP contribution in [0.4, 0.5) is 16.3 Å². The van der Waals surface area contributed by atoms with E-state index in [0.29, 0.717) is 34.2 Å². The van der Waals surface area contributed by atoms with Crippen LogP contribution < -0.4 is 10.6 Å². The first kappa shape index (κ1) is 21.4. The van der Waals surface area contributed by atoms with Crippen LogP contribution in [0.1, 0.15) is 48.8 Å². The number of amides is 2. The van der Waals surface area contributed by atoms with E-state index in [4.69, 9.17) is 28.3 Å². The van der Waals surface area contributed by atoms with Crippen molar-refractivity contribution >= 4 is 46.5 Å². The standard InChI is InChI=1S/C23H22Cl2N4O2/c1-23(2,3)19-12-20(27-22(31)26-17-6-4-5-16(24)21(17)25)29(28-19)14-9-7-13-8-10-18(30)15(13)11-14/h4-7,9,11-12H,8,10H2,1-3H3,(H2,26,27,31). The van der Waals surface area contributed by atoms with Gasteiger partial charge in [0.1, 0.15) is 5.82 Å². The van der Waals surface area contributed by atoms with Gasteiger partial charge in [0.15, 0.2) is 5.78 Å². The number of benzene rings is 2. The molecule has 0 fully saturated rings. The van der Waals surface area contributed by atoms with Gasteiger partial charge in [-0.05, 0) is 36.2 Å². The molecule has 2 aromatic carbocycles. The minimum Gasteiger partial charge on any atom is -0.306 e. The number of aryl methyl sites for hydroxylation is 1. The van der Waals surface area contributed by atoms with E-state index in [1.165, 1.54) is 0 Å². The summed E-state index contributed by atoms with van der Waals surface area (Å²) < 4.78 is 1.64. The minimum absolute atomic E-state index is 0.128. The third-order valence-electron chi connectivity index (χ3n) is 5.18. The van der Waals surface area contributed by atoms with Crippen LogP contribution in [0.25, 0.3) is 5.69 Å². The molecule has 2 amide bonds. The summed E-state index contributed by atoms with van der Waals surface area (Å²) in [5, 5.41) is 10.9. The minimum atomic E-state index is -0.483. The van der Waals surface area contributed by atoms with Gasteiger partial charge in [0.05, 0.1) is 27.1 Å². The first-order chi connectivity index (χ1) is 14.6. The number of carbonyl (C=O) groups excluding carboxylic acids is 2. The van der Waals surface area contributed by atoms with Gasteiger partial charge in [-0.15, -0.1) is 0 Å². The Kier molecular flexibility index (Phi) is 5.54. The van der Waals surface area contributed by atoms with E-state index in [-0.39, 0.29) is 16.2 Å². The molecule has 160 valence electrons. The first-order valence-corrected chi connectivity index (χ1v) is 10.7. The Bertz CT molecular complexity index is 1190. The molecule has 0 radical (unpaired) electrons. The Labute approximate surface area is 190 Å². The predicted molar refractivity (Wildman–Crippen MR) is 124 cm³/mol. The second-order valence-electron chi connectivity index (χ2n) is 8.52. The van der Waals surface area contributed by atoms with Gasteiger partial charge in [-0.2, -0.15) is 5.10 Å². The number of hydrogen-bond donors (Lipinski definition) is 2. The monoisotopic (exact) mass is 456 g/mol. The number of halogens is 2. The van der Waals surface area contributed by atoms with E-state index in [1.54, 1.807) is 22.9 Å². The van der Waals surface area contributed by atoms with Gasteiger partial charge in [0, 0.05) is 23.5 Å². The van der Waals surface area contributed by atoms with E-state index >= 15 is 0 Å². The summed E-state index contributed by atoms with van der Waals surface area (Å²) in [5.74, 6) is 0.605. The average Bonchev–Trinajstić information content (AvgIpc) is 3.29. The van der Waals surface area contributed by atoms with Crippen molar-refractivity contribution in [3.63, 3.8) is 0 Å². The molecule has 0 unspecified atom stereocenters. The molecule has 31 heavy (non-hydrogen) atoms. The highest BCUT2D eigenvalue weighted by Crippen LogP contribution is 2.31. The zero-order valence-electron chi connectivity index (χ0n) is 17.4. The molecule has 0 atom stereocenters. The lowest BCUT2D eigenvalue weighted by Crippen LogP contribution is -2.21. The fourth-order valence-electron chi connectivity index (χ4n) is 3.46. The lowest BCUT2D eigenvalue weighted by Gasteiger charge is -2.14. The van der Waals surface area contributed by atoms with Crippen molar-refractivity contribution in [3.05, 3.63) is 69.3 Å². The Hall–Kier alpha value is -2.83. The van der Waals surface area contributed by atoms with Crippen LogP contribution in [0.3, 0.4) is 0 Å². The highest BCUT2D eigenvalue weighted by Gasteiger charge is 2.24. The molecule has 8 heteroatoms. The van der Waals surface area contributed by atoms with Crippen molar-refractivity contribution in [2.45, 2.75) is 39.0 Å². The van der Waals surface area contributed by atoms with Crippen LogP contribution in [0.2, 0.25) is 10.0 Å². The van der Waals surface area contributed by atoms with Gasteiger partial charge in [-0.1, -0.05) is 56.1 Å². The Morgan fingerprint density at radius 3 is 2.58 bits per heavy atom. The molecule has 1 aliphatic rings. The molecule has 1 heterocycles. The van der Waals surface area contributed by atoms with Gasteiger partial charge < -0.3 is 5.32 Å². The smallest absolute Gasteiger partial charge is 0.306 e. The van der Waals surface area contributed by atoms with E-state index < -0.39 is 6.03 Å². The molecule has 0 saturated heterocycles. The topological polar surface area (TPSA) is 76.0 Å². The van der Waals surface area contributed by atoms with Gasteiger partial charge in [0.2, 0.25) is 0 Å². The maximum absolute atomic E-state index is 12.7. The van der Waals surface area contributed by atoms with E-state index in [2.05, 4.69) is 10.6 Å². The number of nitrogens with one attached hydrogen (secondary N) is 2. The normalized spacial score (nSPS) is 13.3. The second kappa shape index (κ2) is 8.02. The Morgan fingerprint density at radius 2 is 1.84 bits per heavy atom. The Balaban J connectivity index is 1.68. The number of urea groups is 1. The SMILES string of the molecule is CC(C)(C)c1cc(NC(=O)Nc2cccc(Cl)c2Cl)n(-c2ccc3c(c2)C(=O)CC3)n1.